The molecule has 1 fully saturated rings. The Kier molecular flexibility index (Phi) is 4.02. The van der Waals surface area contributed by atoms with Crippen LogP contribution in [0, 0.1) is 11.6 Å². The summed E-state index contributed by atoms with van der Waals surface area (Å²) in [6.07, 6.45) is 0.424. The van der Waals surface area contributed by atoms with Crippen LogP contribution in [0.3, 0.4) is 0 Å². The van der Waals surface area contributed by atoms with E-state index in [2.05, 4.69) is 4.72 Å². The first kappa shape index (κ1) is 14.8. The number of hydrogen-bond donors (Lipinski definition) is 2. The highest BCUT2D eigenvalue weighted by Crippen LogP contribution is 2.22. The number of carboxylic acids is 1. The summed E-state index contributed by atoms with van der Waals surface area (Å²) in [6, 6.07) is 0.777. The van der Waals surface area contributed by atoms with E-state index in [0.717, 1.165) is 0 Å². The number of benzene rings is 1. The van der Waals surface area contributed by atoms with Crippen molar-refractivity contribution in [2.75, 3.05) is 13.2 Å². The summed E-state index contributed by atoms with van der Waals surface area (Å²) in [6.45, 7) is 0.521. The van der Waals surface area contributed by atoms with Crippen LogP contribution in [0.1, 0.15) is 16.8 Å². The molecule has 1 unspecified atom stereocenters. The minimum absolute atomic E-state index is 0.147. The second kappa shape index (κ2) is 5.43. The van der Waals surface area contributed by atoms with Gasteiger partial charge in [-0.05, 0) is 18.6 Å². The Hall–Kier alpha value is -1.58. The molecule has 0 aromatic heterocycles. The fourth-order valence-corrected chi connectivity index (χ4v) is 3.18. The molecule has 2 rings (SSSR count). The number of aromatic carboxylic acids is 1. The number of carbonyl (C=O) groups is 1. The van der Waals surface area contributed by atoms with E-state index in [1.165, 1.54) is 0 Å². The van der Waals surface area contributed by atoms with Gasteiger partial charge in [0.1, 0.15) is 16.3 Å². The van der Waals surface area contributed by atoms with Crippen LogP contribution in [0.25, 0.3) is 0 Å². The molecule has 20 heavy (non-hydrogen) atoms. The third-order valence-corrected chi connectivity index (χ3v) is 4.35. The minimum atomic E-state index is -4.28. The molecular weight excluding hydrogens is 296 g/mol. The number of halogens is 2. The fourth-order valence-electron chi connectivity index (χ4n) is 1.85. The van der Waals surface area contributed by atoms with Gasteiger partial charge in [-0.2, -0.15) is 0 Å². The molecule has 1 saturated heterocycles. The van der Waals surface area contributed by atoms with E-state index in [1.807, 2.05) is 0 Å². The second-order valence-electron chi connectivity index (χ2n) is 4.22. The summed E-state index contributed by atoms with van der Waals surface area (Å²) in [5.74, 6) is -4.83. The van der Waals surface area contributed by atoms with Crippen LogP contribution in [0.2, 0.25) is 0 Å². The maximum absolute atomic E-state index is 13.9. The number of ether oxygens (including phenoxy) is 1. The van der Waals surface area contributed by atoms with Gasteiger partial charge in [-0.3, -0.25) is 0 Å². The monoisotopic (exact) mass is 307 g/mol. The van der Waals surface area contributed by atoms with Crippen LogP contribution >= 0.6 is 0 Å². The largest absolute Gasteiger partial charge is 0.477 e. The molecule has 1 aromatic rings. The van der Waals surface area contributed by atoms with Gasteiger partial charge in [0.2, 0.25) is 10.0 Å². The molecule has 1 aliphatic rings. The molecule has 0 aliphatic carbocycles. The van der Waals surface area contributed by atoms with Crippen LogP contribution < -0.4 is 4.72 Å². The third kappa shape index (κ3) is 2.79. The molecule has 9 heteroatoms. The number of rotatable bonds is 4. The smallest absolute Gasteiger partial charge is 0.341 e. The average Bonchev–Trinajstić information content (AvgIpc) is 2.79. The zero-order valence-electron chi connectivity index (χ0n) is 10.1. The third-order valence-electron chi connectivity index (χ3n) is 2.81. The number of hydrogen-bond acceptors (Lipinski definition) is 4. The van der Waals surface area contributed by atoms with Gasteiger partial charge < -0.3 is 9.84 Å². The Labute approximate surface area is 113 Å². The van der Waals surface area contributed by atoms with Crippen molar-refractivity contribution < 1.29 is 31.8 Å². The molecule has 6 nitrogen and oxygen atoms in total. The highest BCUT2D eigenvalue weighted by Gasteiger charge is 2.29. The number of carboxylic acid groups (broad SMARTS) is 1. The van der Waals surface area contributed by atoms with Gasteiger partial charge in [-0.1, -0.05) is 0 Å². The first-order chi connectivity index (χ1) is 9.33. The van der Waals surface area contributed by atoms with Crippen LogP contribution in [0.4, 0.5) is 8.78 Å². The molecule has 0 bridgehead atoms. The highest BCUT2D eigenvalue weighted by molar-refractivity contribution is 7.89. The highest BCUT2D eigenvalue weighted by atomic mass is 32.2. The van der Waals surface area contributed by atoms with E-state index in [-0.39, 0.29) is 6.61 Å². The lowest BCUT2D eigenvalue weighted by atomic mass is 10.2. The van der Waals surface area contributed by atoms with Crippen LogP contribution in [-0.2, 0) is 14.8 Å². The molecule has 110 valence electrons. The van der Waals surface area contributed by atoms with Crippen LogP contribution in [0.5, 0.6) is 0 Å². The molecule has 1 aromatic carbocycles. The molecule has 1 heterocycles. The number of nitrogens with one attached hydrogen (secondary N) is 1. The van der Waals surface area contributed by atoms with Gasteiger partial charge in [0.05, 0.1) is 6.61 Å². The molecule has 0 spiro atoms. The zero-order chi connectivity index (χ0) is 14.9. The molecule has 0 saturated carbocycles. The maximum atomic E-state index is 13.9. The predicted molar refractivity (Wildman–Crippen MR) is 62.9 cm³/mol. The van der Waals surface area contributed by atoms with Gasteiger partial charge in [0.15, 0.2) is 5.82 Å². The summed E-state index contributed by atoms with van der Waals surface area (Å²) in [4.78, 5) is 9.85. The van der Waals surface area contributed by atoms with Gasteiger partial charge in [-0.25, -0.2) is 26.7 Å². The second-order valence-corrected chi connectivity index (χ2v) is 5.90. The van der Waals surface area contributed by atoms with Gasteiger partial charge in [-0.15, -0.1) is 0 Å². The van der Waals surface area contributed by atoms with E-state index in [9.17, 15) is 22.0 Å². The Morgan fingerprint density at radius 2 is 2.10 bits per heavy atom. The van der Waals surface area contributed by atoms with Crippen LogP contribution in [-0.4, -0.2) is 38.7 Å². The summed E-state index contributed by atoms with van der Waals surface area (Å²) in [5.41, 5.74) is -1.30. The van der Waals surface area contributed by atoms with Crippen molar-refractivity contribution in [3.05, 3.63) is 29.3 Å². The minimum Gasteiger partial charge on any atom is -0.477 e. The van der Waals surface area contributed by atoms with Crippen molar-refractivity contribution in [2.24, 2.45) is 0 Å². The molecule has 2 N–H and O–H groups in total. The van der Waals surface area contributed by atoms with Crippen molar-refractivity contribution in [3.63, 3.8) is 0 Å². The Bertz CT molecular complexity index is 640. The summed E-state index contributed by atoms with van der Waals surface area (Å²) < 4.78 is 58.2. The molecule has 0 amide bonds. The average molecular weight is 307 g/mol. The molecular formula is C11H11F2NO5S. The van der Waals surface area contributed by atoms with Crippen molar-refractivity contribution in [1.29, 1.82) is 0 Å². The lowest BCUT2D eigenvalue weighted by Gasteiger charge is -2.13. The fraction of sp³-hybridized carbons (Fsp3) is 0.364. The van der Waals surface area contributed by atoms with Crippen molar-refractivity contribution >= 4 is 16.0 Å². The van der Waals surface area contributed by atoms with Gasteiger partial charge in [0, 0.05) is 12.6 Å². The molecule has 1 atom stereocenters. The van der Waals surface area contributed by atoms with E-state index < -0.39 is 44.1 Å². The first-order valence-corrected chi connectivity index (χ1v) is 7.12. The summed E-state index contributed by atoms with van der Waals surface area (Å²) in [5, 5.41) is 8.71. The quantitative estimate of drug-likeness (QED) is 0.855. The normalized spacial score (nSPS) is 19.2. The van der Waals surface area contributed by atoms with E-state index >= 15 is 0 Å². The lowest BCUT2D eigenvalue weighted by Crippen LogP contribution is -2.35. The SMILES string of the molecule is O=C(O)c1c(F)ccc(S(=O)(=O)NC2CCOC2)c1F. The van der Waals surface area contributed by atoms with Crippen molar-refractivity contribution in [3.8, 4) is 0 Å². The summed E-state index contributed by atoms with van der Waals surface area (Å²) in [7, 11) is -4.28. The summed E-state index contributed by atoms with van der Waals surface area (Å²) >= 11 is 0. The Morgan fingerprint density at radius 3 is 2.65 bits per heavy atom. The van der Waals surface area contributed by atoms with Gasteiger partial charge in [0.25, 0.3) is 0 Å². The van der Waals surface area contributed by atoms with Crippen molar-refractivity contribution in [1.82, 2.24) is 4.72 Å². The van der Waals surface area contributed by atoms with Crippen molar-refractivity contribution in [2.45, 2.75) is 17.4 Å². The van der Waals surface area contributed by atoms with Crippen LogP contribution in [0.15, 0.2) is 17.0 Å². The lowest BCUT2D eigenvalue weighted by molar-refractivity contribution is 0.0685. The maximum Gasteiger partial charge on any atom is 0.341 e. The van der Waals surface area contributed by atoms with Gasteiger partial charge >= 0.3 is 5.97 Å². The molecule has 0 radical (unpaired) electrons. The van der Waals surface area contributed by atoms with E-state index in [4.69, 9.17) is 9.84 Å². The van der Waals surface area contributed by atoms with E-state index in [0.29, 0.717) is 25.2 Å². The molecule has 1 aliphatic heterocycles. The Morgan fingerprint density at radius 1 is 1.40 bits per heavy atom. The van der Waals surface area contributed by atoms with E-state index in [1.54, 1.807) is 0 Å². The Balaban J connectivity index is 2.41. The predicted octanol–water partition coefficient (Wildman–Crippen LogP) is 0.730. The zero-order valence-corrected chi connectivity index (χ0v) is 10.9. The first-order valence-electron chi connectivity index (χ1n) is 5.64. The topological polar surface area (TPSA) is 92.7 Å². The standard InChI is InChI=1S/C11H11F2NO5S/c12-7-1-2-8(10(13)9(7)11(15)16)20(17,18)14-6-3-4-19-5-6/h1-2,6,14H,3-5H2,(H,15,16). The number of sulfonamides is 1.